The molecule has 214 valence electrons. The lowest BCUT2D eigenvalue weighted by molar-refractivity contribution is -0.139. The van der Waals surface area contributed by atoms with Crippen molar-refractivity contribution < 1.29 is 18.0 Å². The molecule has 0 bridgehead atoms. The second kappa shape index (κ2) is 13.8. The number of sulfonamides is 1. The Kier molecular flexibility index (Phi) is 10.8. The van der Waals surface area contributed by atoms with Crippen LogP contribution in [-0.2, 0) is 26.2 Å². The Bertz CT molecular complexity index is 1380. The van der Waals surface area contributed by atoms with E-state index in [4.69, 9.17) is 11.6 Å². The van der Waals surface area contributed by atoms with Crippen molar-refractivity contribution in [2.24, 2.45) is 5.92 Å². The van der Waals surface area contributed by atoms with Crippen molar-refractivity contribution >= 4 is 39.1 Å². The zero-order valence-corrected chi connectivity index (χ0v) is 25.2. The Hall–Kier alpha value is -3.36. The Labute approximate surface area is 243 Å². The van der Waals surface area contributed by atoms with Gasteiger partial charge in [0.05, 0.1) is 10.6 Å². The van der Waals surface area contributed by atoms with Crippen molar-refractivity contribution in [3.05, 3.63) is 95.0 Å². The highest BCUT2D eigenvalue weighted by Crippen LogP contribution is 2.26. The molecule has 0 aliphatic carbocycles. The molecule has 0 fully saturated rings. The van der Waals surface area contributed by atoms with E-state index in [1.54, 1.807) is 61.5 Å². The first-order chi connectivity index (χ1) is 18.9. The second-order valence-corrected chi connectivity index (χ2v) is 12.8. The van der Waals surface area contributed by atoms with Crippen LogP contribution in [0.2, 0.25) is 5.02 Å². The van der Waals surface area contributed by atoms with Gasteiger partial charge >= 0.3 is 0 Å². The molecule has 0 spiro atoms. The van der Waals surface area contributed by atoms with Crippen LogP contribution in [0.1, 0.15) is 51.7 Å². The van der Waals surface area contributed by atoms with Gasteiger partial charge in [0.1, 0.15) is 12.6 Å². The van der Waals surface area contributed by atoms with Gasteiger partial charge in [0, 0.05) is 18.1 Å². The highest BCUT2D eigenvalue weighted by molar-refractivity contribution is 7.92. The van der Waals surface area contributed by atoms with Crippen LogP contribution < -0.4 is 9.62 Å². The normalized spacial score (nSPS) is 12.3. The summed E-state index contributed by atoms with van der Waals surface area (Å²) in [5.74, 6) is -0.323. The summed E-state index contributed by atoms with van der Waals surface area (Å²) in [5, 5.41) is 3.43. The molecule has 7 nitrogen and oxygen atoms in total. The van der Waals surface area contributed by atoms with E-state index < -0.39 is 28.5 Å². The SMILES string of the molecule is CC(C)CNC(=O)[C@H](C)N(Cc1ccc(Cl)cc1)C(=O)CN(c1ccc(C(C)C)cc1)S(=O)(=O)c1ccccc1. The fourth-order valence-electron chi connectivity index (χ4n) is 4.10. The van der Waals surface area contributed by atoms with Crippen LogP contribution >= 0.6 is 11.6 Å². The van der Waals surface area contributed by atoms with Gasteiger partial charge in [-0.15, -0.1) is 0 Å². The maximum absolute atomic E-state index is 13.9. The minimum atomic E-state index is -4.09. The van der Waals surface area contributed by atoms with Gasteiger partial charge in [-0.2, -0.15) is 0 Å². The maximum atomic E-state index is 13.9. The Morgan fingerprint density at radius 2 is 1.45 bits per heavy atom. The molecule has 3 aromatic rings. The summed E-state index contributed by atoms with van der Waals surface area (Å²) in [6.45, 7) is 9.82. The van der Waals surface area contributed by atoms with E-state index >= 15 is 0 Å². The summed E-state index contributed by atoms with van der Waals surface area (Å²) < 4.78 is 28.8. The van der Waals surface area contributed by atoms with Crippen LogP contribution in [0.25, 0.3) is 0 Å². The molecule has 3 aromatic carbocycles. The fraction of sp³-hybridized carbons (Fsp3) is 0.355. The molecule has 0 aromatic heterocycles. The third kappa shape index (κ3) is 8.08. The topological polar surface area (TPSA) is 86.8 Å². The third-order valence-corrected chi connectivity index (χ3v) is 8.62. The standard InChI is InChI=1S/C31H38ClN3O4S/c1-22(2)19-33-31(37)24(5)34(20-25-11-15-27(32)16-12-25)30(36)21-35(28-17-13-26(14-18-28)23(3)4)40(38,39)29-9-7-6-8-10-29/h6-18,22-24H,19-21H2,1-5H3,(H,33,37)/t24-/m0/s1. The van der Waals surface area contributed by atoms with E-state index in [-0.39, 0.29) is 29.2 Å². The van der Waals surface area contributed by atoms with E-state index in [9.17, 15) is 18.0 Å². The summed E-state index contributed by atoms with van der Waals surface area (Å²) in [7, 11) is -4.09. The number of hydrogen-bond donors (Lipinski definition) is 1. The summed E-state index contributed by atoms with van der Waals surface area (Å²) in [4.78, 5) is 28.5. The first-order valence-electron chi connectivity index (χ1n) is 13.4. The first-order valence-corrected chi connectivity index (χ1v) is 15.2. The maximum Gasteiger partial charge on any atom is 0.264 e. The quantitative estimate of drug-likeness (QED) is 0.290. The summed E-state index contributed by atoms with van der Waals surface area (Å²) in [6.07, 6.45) is 0. The average molecular weight is 584 g/mol. The van der Waals surface area contributed by atoms with Gasteiger partial charge in [-0.05, 0) is 66.3 Å². The molecule has 1 atom stereocenters. The summed E-state index contributed by atoms with van der Waals surface area (Å²) in [5.41, 5.74) is 2.18. The van der Waals surface area contributed by atoms with E-state index in [2.05, 4.69) is 19.2 Å². The Balaban J connectivity index is 2.01. The van der Waals surface area contributed by atoms with Crippen LogP contribution in [0.3, 0.4) is 0 Å². The molecular weight excluding hydrogens is 546 g/mol. The molecule has 0 saturated heterocycles. The minimum Gasteiger partial charge on any atom is -0.354 e. The molecule has 2 amide bonds. The van der Waals surface area contributed by atoms with Gasteiger partial charge < -0.3 is 10.2 Å². The summed E-state index contributed by atoms with van der Waals surface area (Å²) in [6, 6.07) is 21.3. The van der Waals surface area contributed by atoms with E-state index in [0.29, 0.717) is 17.3 Å². The number of anilines is 1. The van der Waals surface area contributed by atoms with Crippen molar-refractivity contribution in [1.29, 1.82) is 0 Å². The lowest BCUT2D eigenvalue weighted by Crippen LogP contribution is -2.51. The van der Waals surface area contributed by atoms with Gasteiger partial charge in [0.25, 0.3) is 10.0 Å². The Morgan fingerprint density at radius 3 is 2.00 bits per heavy atom. The zero-order valence-electron chi connectivity index (χ0n) is 23.7. The van der Waals surface area contributed by atoms with Crippen molar-refractivity contribution in [3.63, 3.8) is 0 Å². The number of nitrogens with one attached hydrogen (secondary N) is 1. The Morgan fingerprint density at radius 1 is 0.850 bits per heavy atom. The molecule has 0 unspecified atom stereocenters. The molecule has 1 N–H and O–H groups in total. The smallest absolute Gasteiger partial charge is 0.264 e. The van der Waals surface area contributed by atoms with Crippen LogP contribution in [0, 0.1) is 5.92 Å². The number of rotatable bonds is 12. The van der Waals surface area contributed by atoms with Gasteiger partial charge in [-0.3, -0.25) is 13.9 Å². The number of nitrogens with zero attached hydrogens (tertiary/aromatic N) is 2. The van der Waals surface area contributed by atoms with Crippen LogP contribution in [0.15, 0.2) is 83.8 Å². The number of amides is 2. The average Bonchev–Trinajstić information content (AvgIpc) is 2.94. The second-order valence-electron chi connectivity index (χ2n) is 10.5. The monoisotopic (exact) mass is 583 g/mol. The van der Waals surface area contributed by atoms with E-state index in [1.807, 2.05) is 26.0 Å². The lowest BCUT2D eigenvalue weighted by atomic mass is 10.0. The number of carbonyl (C=O) groups excluding carboxylic acids is 2. The predicted molar refractivity (Wildman–Crippen MR) is 161 cm³/mol. The van der Waals surface area contributed by atoms with Crippen LogP contribution in [0.5, 0.6) is 0 Å². The van der Waals surface area contributed by atoms with E-state index in [0.717, 1.165) is 15.4 Å². The molecule has 0 heterocycles. The minimum absolute atomic E-state index is 0.0720. The fourth-order valence-corrected chi connectivity index (χ4v) is 5.66. The van der Waals surface area contributed by atoms with Crippen molar-refractivity contribution in [3.8, 4) is 0 Å². The molecule has 0 saturated carbocycles. The van der Waals surface area contributed by atoms with Gasteiger partial charge in [-0.25, -0.2) is 8.42 Å². The molecular formula is C31H38ClN3O4S. The largest absolute Gasteiger partial charge is 0.354 e. The molecule has 9 heteroatoms. The number of halogens is 1. The first kappa shape index (κ1) is 31.2. The highest BCUT2D eigenvalue weighted by atomic mass is 35.5. The van der Waals surface area contributed by atoms with E-state index in [1.165, 1.54) is 17.0 Å². The van der Waals surface area contributed by atoms with Gasteiger partial charge in [-0.1, -0.05) is 81.8 Å². The van der Waals surface area contributed by atoms with Gasteiger partial charge in [0.15, 0.2) is 0 Å². The molecule has 0 radical (unpaired) electrons. The van der Waals surface area contributed by atoms with Crippen LogP contribution in [-0.4, -0.2) is 44.3 Å². The van der Waals surface area contributed by atoms with Crippen LogP contribution in [0.4, 0.5) is 5.69 Å². The zero-order chi connectivity index (χ0) is 29.4. The number of hydrogen-bond acceptors (Lipinski definition) is 4. The lowest BCUT2D eigenvalue weighted by Gasteiger charge is -2.32. The van der Waals surface area contributed by atoms with Crippen molar-refractivity contribution in [2.45, 2.75) is 58.0 Å². The third-order valence-electron chi connectivity index (χ3n) is 6.58. The highest BCUT2D eigenvalue weighted by Gasteiger charge is 2.32. The number of carbonyl (C=O) groups is 2. The molecule has 0 aliphatic heterocycles. The molecule has 0 aliphatic rings. The number of benzene rings is 3. The predicted octanol–water partition coefficient (Wildman–Crippen LogP) is 5.85. The molecule has 40 heavy (non-hydrogen) atoms. The van der Waals surface area contributed by atoms with Crippen molar-refractivity contribution in [2.75, 3.05) is 17.4 Å². The summed E-state index contributed by atoms with van der Waals surface area (Å²) >= 11 is 6.05. The van der Waals surface area contributed by atoms with Crippen molar-refractivity contribution in [1.82, 2.24) is 10.2 Å². The molecule has 3 rings (SSSR count). The van der Waals surface area contributed by atoms with Gasteiger partial charge in [0.2, 0.25) is 11.8 Å².